The lowest BCUT2D eigenvalue weighted by Crippen LogP contribution is -2.61. The topological polar surface area (TPSA) is 59.1 Å². The minimum absolute atomic E-state index is 0.0769. The molecule has 0 aliphatic carbocycles. The highest BCUT2D eigenvalue weighted by molar-refractivity contribution is 9.09. The molecule has 0 saturated carbocycles. The second-order valence-electron chi connectivity index (χ2n) is 7.34. The lowest BCUT2D eigenvalue weighted by molar-refractivity contribution is -0.943. The quantitative estimate of drug-likeness (QED) is 0.271. The number of aliphatic hydroxyl groups is 1. The Labute approximate surface area is 150 Å². The first-order valence-electron chi connectivity index (χ1n) is 8.51. The third-order valence-corrected chi connectivity index (χ3v) is 7.13. The summed E-state index contributed by atoms with van der Waals surface area (Å²) in [4.78, 5) is 12.6. The summed E-state index contributed by atoms with van der Waals surface area (Å²) in [7, 11) is 2.26. The van der Waals surface area contributed by atoms with E-state index in [1.165, 1.54) is 0 Å². The van der Waals surface area contributed by atoms with Crippen LogP contribution >= 0.6 is 15.9 Å². The highest BCUT2D eigenvalue weighted by atomic mass is 79.9. The van der Waals surface area contributed by atoms with Crippen LogP contribution in [0.1, 0.15) is 24.3 Å². The number of likely N-dealkylation sites (N-methyl/N-ethyl adjacent to an activating group) is 1. The highest BCUT2D eigenvalue weighted by Gasteiger charge is 2.71. The van der Waals surface area contributed by atoms with Crippen LogP contribution in [0.3, 0.4) is 0 Å². The standard InChI is InChI=1S/C18H23BrNO4/c1-20(10-19)14-7-12(8-15(20)17-16(14)24-17)23-18(22)13(9-21)11-5-3-2-4-6-11/h2-6,12-17,21H,7-10H2,1H3/q+1. The molecule has 2 bridgehead atoms. The zero-order valence-corrected chi connectivity index (χ0v) is 15.3. The molecule has 5 atom stereocenters. The van der Waals surface area contributed by atoms with E-state index >= 15 is 0 Å². The molecular weight excluding hydrogens is 374 g/mol. The van der Waals surface area contributed by atoms with E-state index in [2.05, 4.69) is 23.0 Å². The number of ether oxygens (including phenoxy) is 2. The fourth-order valence-electron chi connectivity index (χ4n) is 4.58. The monoisotopic (exact) mass is 396 g/mol. The third-order valence-electron chi connectivity index (χ3n) is 6.05. The molecule has 3 aliphatic heterocycles. The van der Waals surface area contributed by atoms with Gasteiger partial charge >= 0.3 is 5.97 Å². The van der Waals surface area contributed by atoms with Gasteiger partial charge in [-0.05, 0) is 21.5 Å². The van der Waals surface area contributed by atoms with Crippen LogP contribution in [0.15, 0.2) is 30.3 Å². The maximum atomic E-state index is 12.6. The summed E-state index contributed by atoms with van der Waals surface area (Å²) in [6.45, 7) is -0.230. The Morgan fingerprint density at radius 2 is 1.96 bits per heavy atom. The number of aliphatic hydroxyl groups excluding tert-OH is 1. The van der Waals surface area contributed by atoms with E-state index in [1.807, 2.05) is 30.3 Å². The molecule has 3 aliphatic rings. The van der Waals surface area contributed by atoms with Crippen molar-refractivity contribution in [3.05, 3.63) is 35.9 Å². The molecule has 1 aromatic rings. The summed E-state index contributed by atoms with van der Waals surface area (Å²) < 4.78 is 12.6. The number of rotatable bonds is 5. The van der Waals surface area contributed by atoms with Crippen molar-refractivity contribution < 1.29 is 23.9 Å². The molecule has 3 saturated heterocycles. The Hall–Kier alpha value is -0.950. The number of benzene rings is 1. The Bertz CT molecular complexity index is 607. The van der Waals surface area contributed by atoms with Gasteiger partial charge in [-0.2, -0.15) is 0 Å². The normalized spacial score (nSPS) is 40.7. The fourth-order valence-corrected chi connectivity index (χ4v) is 5.32. The molecule has 4 rings (SSSR count). The summed E-state index contributed by atoms with van der Waals surface area (Å²) in [6.07, 6.45) is 2.23. The van der Waals surface area contributed by atoms with Gasteiger partial charge in [-0.15, -0.1) is 0 Å². The summed E-state index contributed by atoms with van der Waals surface area (Å²) in [5, 5.41) is 9.64. The molecule has 24 heavy (non-hydrogen) atoms. The molecule has 3 heterocycles. The number of hydrogen-bond acceptors (Lipinski definition) is 4. The van der Waals surface area contributed by atoms with Gasteiger partial charge in [0.1, 0.15) is 41.8 Å². The van der Waals surface area contributed by atoms with Gasteiger partial charge in [0, 0.05) is 12.8 Å². The summed E-state index contributed by atoms with van der Waals surface area (Å²) in [5.74, 6) is -0.925. The van der Waals surface area contributed by atoms with Crippen molar-refractivity contribution >= 4 is 21.9 Å². The van der Waals surface area contributed by atoms with Crippen molar-refractivity contribution in [2.24, 2.45) is 0 Å². The molecule has 5 nitrogen and oxygen atoms in total. The van der Waals surface area contributed by atoms with Gasteiger partial charge in [0.05, 0.1) is 13.7 Å². The predicted molar refractivity (Wildman–Crippen MR) is 91.6 cm³/mol. The van der Waals surface area contributed by atoms with Gasteiger partial charge in [0.25, 0.3) is 0 Å². The highest BCUT2D eigenvalue weighted by Crippen LogP contribution is 2.53. The zero-order chi connectivity index (χ0) is 16.9. The smallest absolute Gasteiger partial charge is 0.316 e. The van der Waals surface area contributed by atoms with Crippen LogP contribution in [0, 0.1) is 0 Å². The number of fused-ring (bicyclic) bond motifs is 5. The van der Waals surface area contributed by atoms with E-state index in [-0.39, 0.29) is 18.7 Å². The third kappa shape index (κ3) is 2.51. The van der Waals surface area contributed by atoms with E-state index in [1.54, 1.807) is 0 Å². The van der Waals surface area contributed by atoms with Crippen molar-refractivity contribution in [1.82, 2.24) is 0 Å². The van der Waals surface area contributed by atoms with Crippen LogP contribution in [0.25, 0.3) is 0 Å². The number of nitrogens with zero attached hydrogens (tertiary/aromatic N) is 1. The zero-order valence-electron chi connectivity index (χ0n) is 13.7. The summed E-state index contributed by atoms with van der Waals surface area (Å²) >= 11 is 3.65. The maximum absolute atomic E-state index is 12.6. The number of epoxide rings is 1. The Kier molecular flexibility index (Phi) is 4.19. The largest absolute Gasteiger partial charge is 0.461 e. The minimum atomic E-state index is -0.603. The molecule has 1 aromatic carbocycles. The van der Waals surface area contributed by atoms with Crippen LogP contribution in [-0.4, -0.2) is 65.1 Å². The summed E-state index contributed by atoms with van der Waals surface area (Å²) in [6, 6.07) is 10.1. The SMILES string of the molecule is C[N+]1(CBr)C2CC(OC(=O)C(CO)c3ccccc3)CC1C1OC12. The van der Waals surface area contributed by atoms with E-state index < -0.39 is 5.92 Å². The molecule has 6 heteroatoms. The number of carbonyl (C=O) groups excluding carboxylic acids is 1. The van der Waals surface area contributed by atoms with E-state index in [0.717, 1.165) is 28.3 Å². The molecule has 0 radical (unpaired) electrons. The molecule has 0 amide bonds. The second kappa shape index (κ2) is 6.09. The average Bonchev–Trinajstić information content (AvgIpc) is 3.35. The molecule has 1 N–H and O–H groups in total. The van der Waals surface area contributed by atoms with Crippen LogP contribution in [-0.2, 0) is 14.3 Å². The first-order chi connectivity index (χ1) is 11.6. The fraction of sp³-hybridized carbons (Fsp3) is 0.611. The van der Waals surface area contributed by atoms with Gasteiger partial charge in [-0.3, -0.25) is 4.79 Å². The molecule has 130 valence electrons. The Morgan fingerprint density at radius 1 is 1.33 bits per heavy atom. The van der Waals surface area contributed by atoms with Gasteiger partial charge in [-0.1, -0.05) is 30.3 Å². The van der Waals surface area contributed by atoms with Crippen molar-refractivity contribution in [3.8, 4) is 0 Å². The number of carbonyl (C=O) groups is 1. The van der Waals surface area contributed by atoms with Gasteiger partial charge in [-0.25, -0.2) is 0 Å². The van der Waals surface area contributed by atoms with E-state index in [0.29, 0.717) is 24.3 Å². The molecule has 5 unspecified atom stereocenters. The Balaban J connectivity index is 1.44. The summed E-state index contributed by atoms with van der Waals surface area (Å²) in [5.41, 5.74) is 1.71. The van der Waals surface area contributed by atoms with Crippen molar-refractivity contribution in [1.29, 1.82) is 0 Å². The van der Waals surface area contributed by atoms with Crippen LogP contribution in [0.4, 0.5) is 0 Å². The number of alkyl halides is 1. The predicted octanol–water partition coefficient (Wildman–Crippen LogP) is 1.79. The molecule has 3 fully saturated rings. The molecule has 0 aromatic heterocycles. The number of quaternary nitrogens is 1. The van der Waals surface area contributed by atoms with Crippen molar-refractivity contribution in [2.75, 3.05) is 19.1 Å². The maximum Gasteiger partial charge on any atom is 0.316 e. The lowest BCUT2D eigenvalue weighted by atomic mass is 9.95. The van der Waals surface area contributed by atoms with Gasteiger partial charge in [0.15, 0.2) is 0 Å². The Morgan fingerprint density at radius 3 is 2.50 bits per heavy atom. The minimum Gasteiger partial charge on any atom is -0.461 e. The molecular formula is C18H23BrNO4+. The van der Waals surface area contributed by atoms with Gasteiger partial charge < -0.3 is 19.1 Å². The first-order valence-corrected chi connectivity index (χ1v) is 9.63. The van der Waals surface area contributed by atoms with Crippen LogP contribution in [0.2, 0.25) is 0 Å². The van der Waals surface area contributed by atoms with E-state index in [9.17, 15) is 9.90 Å². The number of piperidine rings is 1. The van der Waals surface area contributed by atoms with Gasteiger partial charge in [0.2, 0.25) is 0 Å². The van der Waals surface area contributed by atoms with Crippen molar-refractivity contribution in [2.45, 2.75) is 49.2 Å². The number of esters is 1. The molecule has 0 spiro atoms. The van der Waals surface area contributed by atoms with Crippen LogP contribution < -0.4 is 0 Å². The second-order valence-corrected chi connectivity index (χ2v) is 7.84. The van der Waals surface area contributed by atoms with E-state index in [4.69, 9.17) is 9.47 Å². The lowest BCUT2D eigenvalue weighted by Gasteiger charge is -2.47. The number of halogens is 1. The number of morpholine rings is 1. The number of hydrogen-bond donors (Lipinski definition) is 1. The van der Waals surface area contributed by atoms with Crippen LogP contribution in [0.5, 0.6) is 0 Å². The first kappa shape index (κ1) is 16.5. The van der Waals surface area contributed by atoms with Crippen molar-refractivity contribution in [3.63, 3.8) is 0 Å². The average molecular weight is 397 g/mol.